The van der Waals surface area contributed by atoms with E-state index >= 15 is 0 Å². The fourth-order valence-corrected chi connectivity index (χ4v) is 1.84. The molecule has 0 spiro atoms. The van der Waals surface area contributed by atoms with Crippen molar-refractivity contribution in [3.63, 3.8) is 0 Å². The number of nitroso groups, excluding NO2 is 1. The van der Waals surface area contributed by atoms with Gasteiger partial charge in [-0.3, -0.25) is 0 Å². The Morgan fingerprint density at radius 3 is 2.55 bits per heavy atom. The Balaban J connectivity index is 2.52. The predicted octanol–water partition coefficient (Wildman–Crippen LogP) is 2.39. The molecule has 2 aromatic rings. The van der Waals surface area contributed by atoms with Gasteiger partial charge in [-0.1, -0.05) is 17.3 Å². The highest BCUT2D eigenvalue weighted by molar-refractivity contribution is 5.36. The molecule has 1 unspecified atom stereocenters. The van der Waals surface area contributed by atoms with Crippen molar-refractivity contribution in [3.8, 4) is 0 Å². The van der Waals surface area contributed by atoms with Crippen LogP contribution >= 0.6 is 0 Å². The van der Waals surface area contributed by atoms with Gasteiger partial charge in [0.15, 0.2) is 11.9 Å². The van der Waals surface area contributed by atoms with Crippen LogP contribution in [0.25, 0.3) is 0 Å². The second-order valence-corrected chi connectivity index (χ2v) is 4.24. The van der Waals surface area contributed by atoms with Gasteiger partial charge < -0.3 is 0 Å². The molecule has 20 heavy (non-hydrogen) atoms. The van der Waals surface area contributed by atoms with E-state index in [9.17, 15) is 18.1 Å². The Bertz CT molecular complexity index is 637. The van der Waals surface area contributed by atoms with Crippen molar-refractivity contribution in [2.75, 3.05) is 0 Å². The van der Waals surface area contributed by atoms with Gasteiger partial charge in [-0.15, -0.1) is 10.0 Å². The Morgan fingerprint density at radius 1 is 1.35 bits per heavy atom. The minimum Gasteiger partial charge on any atom is -0.230 e. The van der Waals surface area contributed by atoms with E-state index in [1.165, 1.54) is 30.8 Å². The Kier molecular flexibility index (Phi) is 3.51. The van der Waals surface area contributed by atoms with Crippen molar-refractivity contribution in [1.82, 2.24) is 20.2 Å². The fourth-order valence-electron chi connectivity index (χ4n) is 1.84. The number of aryl methyl sites for hydroxylation is 2. The zero-order valence-electron chi connectivity index (χ0n) is 10.6. The van der Waals surface area contributed by atoms with Gasteiger partial charge in [0.2, 0.25) is 0 Å². The first kappa shape index (κ1) is 14.1. The molecule has 9 heteroatoms. The molecule has 0 bridgehead atoms. The van der Waals surface area contributed by atoms with Crippen molar-refractivity contribution >= 4 is 0 Å². The third-order valence-corrected chi connectivity index (χ3v) is 2.89. The third kappa shape index (κ3) is 2.51. The summed E-state index contributed by atoms with van der Waals surface area (Å²) in [6, 6.07) is 2.42. The number of rotatable bonds is 3. The largest absolute Gasteiger partial charge is 0.416 e. The SMILES string of the molecule is Cc1ccc(C(N=O)c2nnnn2C)cc1C(F)(F)F. The molecule has 2 rings (SSSR count). The first-order valence-electron chi connectivity index (χ1n) is 5.57. The lowest BCUT2D eigenvalue weighted by molar-refractivity contribution is -0.138. The molecule has 0 radical (unpaired) electrons. The Labute approximate surface area is 111 Å². The lowest BCUT2D eigenvalue weighted by atomic mass is 10.00. The van der Waals surface area contributed by atoms with Gasteiger partial charge >= 0.3 is 6.18 Å². The molecule has 0 amide bonds. The highest BCUT2D eigenvalue weighted by Gasteiger charge is 2.33. The van der Waals surface area contributed by atoms with Crippen molar-refractivity contribution in [1.29, 1.82) is 0 Å². The Morgan fingerprint density at radius 2 is 2.05 bits per heavy atom. The number of aromatic nitrogens is 4. The third-order valence-electron chi connectivity index (χ3n) is 2.89. The lowest BCUT2D eigenvalue weighted by Gasteiger charge is -2.14. The average molecular weight is 285 g/mol. The second-order valence-electron chi connectivity index (χ2n) is 4.24. The molecule has 0 fully saturated rings. The number of hydrogen-bond acceptors (Lipinski definition) is 5. The second kappa shape index (κ2) is 4.99. The zero-order valence-corrected chi connectivity index (χ0v) is 10.6. The van der Waals surface area contributed by atoms with E-state index in [0.29, 0.717) is 0 Å². The van der Waals surface area contributed by atoms with Crippen LogP contribution < -0.4 is 0 Å². The van der Waals surface area contributed by atoms with Crippen molar-refractivity contribution in [2.45, 2.75) is 19.1 Å². The van der Waals surface area contributed by atoms with E-state index in [0.717, 1.165) is 6.07 Å². The first-order valence-corrected chi connectivity index (χ1v) is 5.57. The number of alkyl halides is 3. The molecule has 0 N–H and O–H groups in total. The van der Waals surface area contributed by atoms with E-state index in [1.807, 2.05) is 0 Å². The topological polar surface area (TPSA) is 73.0 Å². The zero-order chi connectivity index (χ0) is 14.9. The van der Waals surface area contributed by atoms with Crippen LogP contribution in [0.5, 0.6) is 0 Å². The van der Waals surface area contributed by atoms with Gasteiger partial charge in [0, 0.05) is 7.05 Å². The normalized spacial score (nSPS) is 13.2. The molecule has 0 saturated heterocycles. The standard InChI is InChI=1S/C11H10F3N5O/c1-6-3-4-7(5-8(6)11(12,13)14)9(16-20)10-15-17-18-19(10)2/h3-5,9H,1-2H3. The fraction of sp³-hybridized carbons (Fsp3) is 0.364. The summed E-state index contributed by atoms with van der Waals surface area (Å²) in [6.45, 7) is 1.35. The molecule has 106 valence electrons. The number of nitrogens with zero attached hydrogens (tertiary/aromatic N) is 5. The molecule has 0 aliphatic carbocycles. The molecular formula is C11H10F3N5O. The summed E-state index contributed by atoms with van der Waals surface area (Å²) in [5.74, 6) is 0.0805. The van der Waals surface area contributed by atoms with Gasteiger partial charge in [0.1, 0.15) is 0 Å². The molecule has 1 aromatic carbocycles. The summed E-state index contributed by atoms with van der Waals surface area (Å²) in [5.41, 5.74) is -0.642. The maximum atomic E-state index is 12.9. The van der Waals surface area contributed by atoms with E-state index in [-0.39, 0.29) is 17.0 Å². The van der Waals surface area contributed by atoms with E-state index < -0.39 is 17.8 Å². The molecule has 6 nitrogen and oxygen atoms in total. The van der Waals surface area contributed by atoms with Crippen LogP contribution in [-0.4, -0.2) is 20.2 Å². The summed E-state index contributed by atoms with van der Waals surface area (Å²) in [5, 5.41) is 13.3. The van der Waals surface area contributed by atoms with E-state index in [4.69, 9.17) is 0 Å². The summed E-state index contributed by atoms with van der Waals surface area (Å²) >= 11 is 0. The van der Waals surface area contributed by atoms with E-state index in [2.05, 4.69) is 20.7 Å². The molecule has 1 atom stereocenters. The summed E-state index contributed by atoms with van der Waals surface area (Å²) in [7, 11) is 1.48. The molecule has 0 aliphatic rings. The first-order chi connectivity index (χ1) is 9.34. The van der Waals surface area contributed by atoms with Crippen LogP contribution in [0.3, 0.4) is 0 Å². The maximum absolute atomic E-state index is 12.9. The quantitative estimate of drug-likeness (QED) is 0.812. The minimum absolute atomic E-state index is 0.0713. The van der Waals surface area contributed by atoms with Gasteiger partial charge in [-0.25, -0.2) is 4.68 Å². The molecule has 0 aliphatic heterocycles. The van der Waals surface area contributed by atoms with Gasteiger partial charge in [0.25, 0.3) is 0 Å². The summed E-state index contributed by atoms with van der Waals surface area (Å²) < 4.78 is 39.8. The van der Waals surface area contributed by atoms with Crippen LogP contribution in [0.4, 0.5) is 13.2 Å². The van der Waals surface area contributed by atoms with Crippen LogP contribution in [0.1, 0.15) is 28.6 Å². The smallest absolute Gasteiger partial charge is 0.230 e. The van der Waals surface area contributed by atoms with Gasteiger partial charge in [0.05, 0.1) is 5.56 Å². The number of benzene rings is 1. The number of hydrogen-bond donors (Lipinski definition) is 0. The predicted molar refractivity (Wildman–Crippen MR) is 62.6 cm³/mol. The summed E-state index contributed by atoms with van der Waals surface area (Å²) in [4.78, 5) is 11.0. The number of halogens is 3. The molecule has 0 saturated carbocycles. The van der Waals surface area contributed by atoms with Crippen molar-refractivity contribution < 1.29 is 13.2 Å². The van der Waals surface area contributed by atoms with Crippen molar-refractivity contribution in [2.24, 2.45) is 12.2 Å². The molecule has 1 aromatic heterocycles. The van der Waals surface area contributed by atoms with Gasteiger partial charge in [-0.05, 0) is 34.5 Å². The minimum atomic E-state index is -4.49. The number of tetrazole rings is 1. The monoisotopic (exact) mass is 285 g/mol. The van der Waals surface area contributed by atoms with Crippen LogP contribution in [0.2, 0.25) is 0 Å². The van der Waals surface area contributed by atoms with Crippen LogP contribution in [0, 0.1) is 11.8 Å². The molecule has 1 heterocycles. The Hall–Kier alpha value is -2.32. The van der Waals surface area contributed by atoms with Gasteiger partial charge in [-0.2, -0.15) is 13.2 Å². The lowest BCUT2D eigenvalue weighted by Crippen LogP contribution is -2.11. The van der Waals surface area contributed by atoms with Crippen LogP contribution in [-0.2, 0) is 13.2 Å². The van der Waals surface area contributed by atoms with E-state index in [1.54, 1.807) is 0 Å². The highest BCUT2D eigenvalue weighted by atomic mass is 19.4. The average Bonchev–Trinajstić information content (AvgIpc) is 2.77. The maximum Gasteiger partial charge on any atom is 0.416 e. The van der Waals surface area contributed by atoms with Crippen LogP contribution in [0.15, 0.2) is 23.4 Å². The molecular weight excluding hydrogens is 275 g/mol. The highest BCUT2D eigenvalue weighted by Crippen LogP contribution is 2.34. The summed E-state index contributed by atoms with van der Waals surface area (Å²) in [6.07, 6.45) is -4.49. The van der Waals surface area contributed by atoms with Crippen molar-refractivity contribution in [3.05, 3.63) is 45.6 Å².